The maximum atomic E-state index is 13.7. The van der Waals surface area contributed by atoms with Gasteiger partial charge in [-0.05, 0) is 24.1 Å². The zero-order chi connectivity index (χ0) is 20.8. The van der Waals surface area contributed by atoms with Gasteiger partial charge in [-0.2, -0.15) is 0 Å². The molecule has 0 atom stereocenters. The molecule has 1 saturated heterocycles. The van der Waals surface area contributed by atoms with Crippen LogP contribution in [0.2, 0.25) is 0 Å². The number of hydrogen-bond acceptors (Lipinski definition) is 3. The summed E-state index contributed by atoms with van der Waals surface area (Å²) in [5, 5.41) is 0. The van der Waals surface area contributed by atoms with Gasteiger partial charge in [-0.1, -0.05) is 48.0 Å². The molecule has 0 spiro atoms. The van der Waals surface area contributed by atoms with Gasteiger partial charge in [0.25, 0.3) is 0 Å². The molecule has 0 radical (unpaired) electrons. The molecule has 154 valence electrons. The lowest BCUT2D eigenvalue weighted by Gasteiger charge is -2.35. The molecule has 1 fully saturated rings. The van der Waals surface area contributed by atoms with Crippen molar-refractivity contribution < 1.29 is 14.0 Å². The number of carbonyl (C=O) groups excluding carboxylic acids is 2. The Balaban J connectivity index is 1.45. The lowest BCUT2D eigenvalue weighted by Crippen LogP contribution is -2.51. The van der Waals surface area contributed by atoms with Gasteiger partial charge in [-0.25, -0.2) is 4.39 Å². The zero-order valence-corrected chi connectivity index (χ0v) is 17.1. The highest BCUT2D eigenvalue weighted by Crippen LogP contribution is 2.12. The van der Waals surface area contributed by atoms with Crippen LogP contribution < -0.4 is 0 Å². The summed E-state index contributed by atoms with van der Waals surface area (Å²) in [5.74, 6) is -0.726. The molecule has 0 N–H and O–H groups in total. The van der Waals surface area contributed by atoms with Crippen LogP contribution in [-0.2, 0) is 22.6 Å². The Morgan fingerprint density at radius 2 is 1.76 bits per heavy atom. The van der Waals surface area contributed by atoms with Gasteiger partial charge in [-0.15, -0.1) is 0 Å². The SMILES string of the molecule is Cc1cccc(CN2CCN(C(=O)CN(C)C(=O)Cc3ccccc3F)CC2)c1. The third-order valence-electron chi connectivity index (χ3n) is 5.31. The minimum atomic E-state index is -0.398. The number of benzene rings is 2. The molecule has 0 bridgehead atoms. The number of piperazine rings is 1. The number of amides is 2. The largest absolute Gasteiger partial charge is 0.339 e. The molecule has 0 aliphatic carbocycles. The number of hydrogen-bond donors (Lipinski definition) is 0. The fourth-order valence-electron chi connectivity index (χ4n) is 3.55. The molecule has 5 nitrogen and oxygen atoms in total. The van der Waals surface area contributed by atoms with Crippen LogP contribution in [0.5, 0.6) is 0 Å². The molecule has 0 unspecified atom stereocenters. The van der Waals surface area contributed by atoms with Crippen LogP contribution in [-0.4, -0.2) is 66.3 Å². The van der Waals surface area contributed by atoms with Crippen molar-refractivity contribution in [3.63, 3.8) is 0 Å². The molecule has 2 aromatic carbocycles. The molecule has 2 aromatic rings. The van der Waals surface area contributed by atoms with Gasteiger partial charge in [0.2, 0.25) is 11.8 Å². The second kappa shape index (κ2) is 9.65. The maximum absolute atomic E-state index is 13.7. The molecular weight excluding hydrogens is 369 g/mol. The van der Waals surface area contributed by atoms with Crippen molar-refractivity contribution in [3.05, 3.63) is 71.0 Å². The van der Waals surface area contributed by atoms with E-state index < -0.39 is 5.82 Å². The van der Waals surface area contributed by atoms with Crippen LogP contribution in [0, 0.1) is 12.7 Å². The van der Waals surface area contributed by atoms with Crippen molar-refractivity contribution in [2.75, 3.05) is 39.8 Å². The number of halogens is 1. The number of likely N-dealkylation sites (N-methyl/N-ethyl adjacent to an activating group) is 1. The fourth-order valence-corrected chi connectivity index (χ4v) is 3.55. The monoisotopic (exact) mass is 397 g/mol. The lowest BCUT2D eigenvalue weighted by atomic mass is 10.1. The second-order valence-electron chi connectivity index (χ2n) is 7.66. The smallest absolute Gasteiger partial charge is 0.242 e. The summed E-state index contributed by atoms with van der Waals surface area (Å²) in [7, 11) is 1.59. The quantitative estimate of drug-likeness (QED) is 0.752. The average Bonchev–Trinajstić information content (AvgIpc) is 2.70. The first-order chi connectivity index (χ1) is 13.9. The normalized spacial score (nSPS) is 14.7. The van der Waals surface area contributed by atoms with Crippen LogP contribution in [0.3, 0.4) is 0 Å². The number of rotatable bonds is 6. The molecule has 0 aromatic heterocycles. The van der Waals surface area contributed by atoms with E-state index in [-0.39, 0.29) is 24.8 Å². The van der Waals surface area contributed by atoms with Gasteiger partial charge < -0.3 is 9.80 Å². The Kier molecular flexibility index (Phi) is 6.99. The first kappa shape index (κ1) is 21.0. The zero-order valence-electron chi connectivity index (χ0n) is 17.1. The molecule has 1 heterocycles. The Labute approximate surface area is 171 Å². The van der Waals surface area contributed by atoms with Gasteiger partial charge >= 0.3 is 0 Å². The van der Waals surface area contributed by atoms with Gasteiger partial charge in [0.05, 0.1) is 13.0 Å². The van der Waals surface area contributed by atoms with E-state index >= 15 is 0 Å². The highest BCUT2D eigenvalue weighted by Gasteiger charge is 2.23. The van der Waals surface area contributed by atoms with Crippen molar-refractivity contribution in [1.29, 1.82) is 0 Å². The standard InChI is InChI=1S/C23H28FN3O2/c1-18-6-5-7-19(14-18)16-26-10-12-27(13-11-26)23(29)17-25(2)22(28)15-20-8-3-4-9-21(20)24/h3-9,14H,10-13,15-17H2,1-2H3. The highest BCUT2D eigenvalue weighted by molar-refractivity contribution is 5.85. The second-order valence-corrected chi connectivity index (χ2v) is 7.66. The van der Waals surface area contributed by atoms with Crippen LogP contribution in [0.15, 0.2) is 48.5 Å². The molecule has 29 heavy (non-hydrogen) atoms. The first-order valence-electron chi connectivity index (χ1n) is 9.95. The first-order valence-corrected chi connectivity index (χ1v) is 9.95. The fraction of sp³-hybridized carbons (Fsp3) is 0.391. The average molecular weight is 397 g/mol. The molecule has 3 rings (SSSR count). The molecular formula is C23H28FN3O2. The predicted molar refractivity (Wildman–Crippen MR) is 111 cm³/mol. The van der Waals surface area contributed by atoms with Crippen molar-refractivity contribution in [1.82, 2.24) is 14.7 Å². The van der Waals surface area contributed by atoms with E-state index in [4.69, 9.17) is 0 Å². The maximum Gasteiger partial charge on any atom is 0.242 e. The Bertz CT molecular complexity index is 863. The third kappa shape index (κ3) is 5.87. The molecule has 2 amide bonds. The number of carbonyl (C=O) groups is 2. The summed E-state index contributed by atoms with van der Waals surface area (Å²) >= 11 is 0. The van der Waals surface area contributed by atoms with Gasteiger partial charge in [-0.3, -0.25) is 14.5 Å². The number of nitrogens with zero attached hydrogens (tertiary/aromatic N) is 3. The van der Waals surface area contributed by atoms with E-state index in [0.29, 0.717) is 18.7 Å². The van der Waals surface area contributed by atoms with E-state index in [1.54, 1.807) is 30.1 Å². The lowest BCUT2D eigenvalue weighted by molar-refractivity contribution is -0.140. The number of aryl methyl sites for hydroxylation is 1. The topological polar surface area (TPSA) is 43.9 Å². The third-order valence-corrected chi connectivity index (χ3v) is 5.31. The van der Waals surface area contributed by atoms with Crippen molar-refractivity contribution in [2.45, 2.75) is 19.9 Å². The Morgan fingerprint density at radius 3 is 2.45 bits per heavy atom. The minimum absolute atomic E-state index is 0.0190. The summed E-state index contributed by atoms with van der Waals surface area (Å²) in [6.45, 7) is 5.92. The van der Waals surface area contributed by atoms with E-state index in [1.807, 2.05) is 0 Å². The van der Waals surface area contributed by atoms with E-state index in [9.17, 15) is 14.0 Å². The van der Waals surface area contributed by atoms with E-state index in [1.165, 1.54) is 22.1 Å². The highest BCUT2D eigenvalue weighted by atomic mass is 19.1. The molecule has 1 aliphatic rings. The Morgan fingerprint density at radius 1 is 1.03 bits per heavy atom. The molecule has 6 heteroatoms. The van der Waals surface area contributed by atoms with Crippen LogP contribution >= 0.6 is 0 Å². The molecule has 1 aliphatic heterocycles. The van der Waals surface area contributed by atoms with Crippen molar-refractivity contribution >= 4 is 11.8 Å². The summed E-state index contributed by atoms with van der Waals surface area (Å²) < 4.78 is 13.7. The molecule has 0 saturated carbocycles. The van der Waals surface area contributed by atoms with Gasteiger partial charge in [0.1, 0.15) is 5.82 Å². The van der Waals surface area contributed by atoms with E-state index in [2.05, 4.69) is 36.1 Å². The summed E-state index contributed by atoms with van der Waals surface area (Å²) in [6, 6.07) is 14.7. The van der Waals surface area contributed by atoms with E-state index in [0.717, 1.165) is 19.6 Å². The summed E-state index contributed by atoms with van der Waals surface area (Å²) in [4.78, 5) is 30.5. The summed E-state index contributed by atoms with van der Waals surface area (Å²) in [5.41, 5.74) is 2.88. The Hall–Kier alpha value is -2.73. The van der Waals surface area contributed by atoms with Crippen LogP contribution in [0.1, 0.15) is 16.7 Å². The minimum Gasteiger partial charge on any atom is -0.339 e. The summed E-state index contributed by atoms with van der Waals surface area (Å²) in [6.07, 6.45) is -0.0409. The van der Waals surface area contributed by atoms with Crippen molar-refractivity contribution in [2.24, 2.45) is 0 Å². The van der Waals surface area contributed by atoms with Crippen molar-refractivity contribution in [3.8, 4) is 0 Å². The van der Waals surface area contributed by atoms with Gasteiger partial charge in [0, 0.05) is 39.8 Å². The van der Waals surface area contributed by atoms with Crippen LogP contribution in [0.4, 0.5) is 4.39 Å². The predicted octanol–water partition coefficient (Wildman–Crippen LogP) is 2.48. The van der Waals surface area contributed by atoms with Crippen LogP contribution in [0.25, 0.3) is 0 Å². The van der Waals surface area contributed by atoms with Gasteiger partial charge in [0.15, 0.2) is 0 Å².